The molecule has 1 aromatic heterocycles. The first-order valence-corrected chi connectivity index (χ1v) is 4.45. The standard InChI is InChI=1S/C10H15NO2/c1-8(2)13-10-9(5-7-12)4-3-6-11-10/h3-4,6,8,12H,5,7H2,1-2H3. The van der Waals surface area contributed by atoms with Crippen molar-refractivity contribution in [3.63, 3.8) is 0 Å². The molecule has 0 saturated heterocycles. The fourth-order valence-corrected chi connectivity index (χ4v) is 1.06. The molecule has 0 saturated carbocycles. The maximum Gasteiger partial charge on any atom is 0.216 e. The van der Waals surface area contributed by atoms with E-state index in [4.69, 9.17) is 9.84 Å². The van der Waals surface area contributed by atoms with Gasteiger partial charge < -0.3 is 9.84 Å². The van der Waals surface area contributed by atoms with Crippen LogP contribution in [0.3, 0.4) is 0 Å². The fraction of sp³-hybridized carbons (Fsp3) is 0.500. The molecule has 0 amide bonds. The van der Waals surface area contributed by atoms with E-state index in [-0.39, 0.29) is 12.7 Å². The van der Waals surface area contributed by atoms with E-state index in [0.717, 1.165) is 5.56 Å². The lowest BCUT2D eigenvalue weighted by Gasteiger charge is -2.11. The Kier molecular flexibility index (Phi) is 3.71. The van der Waals surface area contributed by atoms with Crippen LogP contribution in [0.1, 0.15) is 19.4 Å². The first kappa shape index (κ1) is 9.99. The molecule has 1 rings (SSSR count). The Morgan fingerprint density at radius 1 is 1.54 bits per heavy atom. The van der Waals surface area contributed by atoms with Gasteiger partial charge in [-0.3, -0.25) is 0 Å². The Morgan fingerprint density at radius 3 is 2.92 bits per heavy atom. The van der Waals surface area contributed by atoms with E-state index in [9.17, 15) is 0 Å². The zero-order valence-corrected chi connectivity index (χ0v) is 8.03. The molecule has 0 fully saturated rings. The molecule has 0 unspecified atom stereocenters. The zero-order chi connectivity index (χ0) is 9.68. The van der Waals surface area contributed by atoms with Gasteiger partial charge in [0, 0.05) is 24.8 Å². The van der Waals surface area contributed by atoms with Gasteiger partial charge in [-0.1, -0.05) is 6.07 Å². The summed E-state index contributed by atoms with van der Waals surface area (Å²) in [6.45, 7) is 4.04. The van der Waals surface area contributed by atoms with E-state index in [0.29, 0.717) is 12.3 Å². The van der Waals surface area contributed by atoms with Crippen molar-refractivity contribution in [1.82, 2.24) is 4.98 Å². The van der Waals surface area contributed by atoms with E-state index in [1.165, 1.54) is 0 Å². The van der Waals surface area contributed by atoms with Crippen LogP contribution in [-0.4, -0.2) is 22.8 Å². The maximum atomic E-state index is 8.79. The van der Waals surface area contributed by atoms with Gasteiger partial charge in [-0.2, -0.15) is 0 Å². The second-order valence-electron chi connectivity index (χ2n) is 3.11. The van der Waals surface area contributed by atoms with Gasteiger partial charge in [0.1, 0.15) is 0 Å². The Morgan fingerprint density at radius 2 is 2.31 bits per heavy atom. The highest BCUT2D eigenvalue weighted by Gasteiger charge is 2.05. The molecule has 3 nitrogen and oxygen atoms in total. The van der Waals surface area contributed by atoms with E-state index >= 15 is 0 Å². The Hall–Kier alpha value is -1.09. The molecule has 0 spiro atoms. The van der Waals surface area contributed by atoms with Crippen LogP contribution in [0.5, 0.6) is 5.88 Å². The van der Waals surface area contributed by atoms with Gasteiger partial charge in [0.25, 0.3) is 0 Å². The molecule has 0 aliphatic carbocycles. The Balaban J connectivity index is 2.78. The number of aliphatic hydroxyl groups is 1. The Bertz CT molecular complexity index is 261. The molecule has 0 aliphatic rings. The number of rotatable bonds is 4. The lowest BCUT2D eigenvalue weighted by atomic mass is 10.2. The van der Waals surface area contributed by atoms with Gasteiger partial charge in [-0.05, 0) is 19.9 Å². The number of nitrogens with zero attached hydrogens (tertiary/aromatic N) is 1. The smallest absolute Gasteiger partial charge is 0.216 e. The number of hydrogen-bond acceptors (Lipinski definition) is 3. The quantitative estimate of drug-likeness (QED) is 0.763. The maximum absolute atomic E-state index is 8.79. The predicted octanol–water partition coefficient (Wildman–Crippen LogP) is 1.40. The molecule has 0 aliphatic heterocycles. The van der Waals surface area contributed by atoms with Gasteiger partial charge in [0.2, 0.25) is 5.88 Å². The van der Waals surface area contributed by atoms with Crippen LogP contribution < -0.4 is 4.74 Å². The summed E-state index contributed by atoms with van der Waals surface area (Å²) in [5.74, 6) is 0.631. The topological polar surface area (TPSA) is 42.4 Å². The number of aromatic nitrogens is 1. The summed E-state index contributed by atoms with van der Waals surface area (Å²) in [7, 11) is 0. The summed E-state index contributed by atoms with van der Waals surface area (Å²) in [5.41, 5.74) is 0.957. The minimum absolute atomic E-state index is 0.118. The molecule has 13 heavy (non-hydrogen) atoms. The molecular weight excluding hydrogens is 166 g/mol. The Labute approximate surface area is 78.4 Å². The molecule has 0 radical (unpaired) electrons. The summed E-state index contributed by atoms with van der Waals surface area (Å²) in [5, 5.41) is 8.79. The number of ether oxygens (including phenoxy) is 1. The van der Waals surface area contributed by atoms with Crippen molar-refractivity contribution in [3.8, 4) is 5.88 Å². The third-order valence-corrected chi connectivity index (χ3v) is 1.58. The van der Waals surface area contributed by atoms with Gasteiger partial charge in [-0.25, -0.2) is 4.98 Å². The molecule has 0 atom stereocenters. The molecule has 72 valence electrons. The van der Waals surface area contributed by atoms with E-state index in [1.807, 2.05) is 26.0 Å². The largest absolute Gasteiger partial charge is 0.475 e. The highest BCUT2D eigenvalue weighted by atomic mass is 16.5. The average molecular weight is 181 g/mol. The third kappa shape index (κ3) is 3.03. The molecule has 1 aromatic rings. The average Bonchev–Trinajstić information content (AvgIpc) is 2.08. The molecule has 0 bridgehead atoms. The van der Waals surface area contributed by atoms with E-state index < -0.39 is 0 Å². The first-order chi connectivity index (χ1) is 6.24. The van der Waals surface area contributed by atoms with Gasteiger partial charge in [0.15, 0.2) is 0 Å². The third-order valence-electron chi connectivity index (χ3n) is 1.58. The molecule has 0 aromatic carbocycles. The zero-order valence-electron chi connectivity index (χ0n) is 8.03. The van der Waals surface area contributed by atoms with Gasteiger partial charge in [0.05, 0.1) is 6.10 Å². The van der Waals surface area contributed by atoms with E-state index in [1.54, 1.807) is 6.20 Å². The summed E-state index contributed by atoms with van der Waals surface area (Å²) in [6.07, 6.45) is 2.40. The van der Waals surface area contributed by atoms with Crippen LogP contribution in [0.2, 0.25) is 0 Å². The second kappa shape index (κ2) is 4.82. The van der Waals surface area contributed by atoms with Crippen molar-refractivity contribution in [2.24, 2.45) is 0 Å². The van der Waals surface area contributed by atoms with Crippen LogP contribution in [0.25, 0.3) is 0 Å². The normalized spacial score (nSPS) is 10.5. The van der Waals surface area contributed by atoms with Crippen molar-refractivity contribution in [3.05, 3.63) is 23.9 Å². The highest BCUT2D eigenvalue weighted by molar-refractivity contribution is 5.25. The summed E-state index contributed by atoms with van der Waals surface area (Å²) < 4.78 is 5.48. The second-order valence-corrected chi connectivity index (χ2v) is 3.11. The van der Waals surface area contributed by atoms with Crippen LogP contribution >= 0.6 is 0 Å². The monoisotopic (exact) mass is 181 g/mol. The SMILES string of the molecule is CC(C)Oc1ncccc1CCO. The van der Waals surface area contributed by atoms with E-state index in [2.05, 4.69) is 4.98 Å². The van der Waals surface area contributed by atoms with Crippen molar-refractivity contribution in [1.29, 1.82) is 0 Å². The van der Waals surface area contributed by atoms with Crippen LogP contribution in [0.4, 0.5) is 0 Å². The summed E-state index contributed by atoms with van der Waals surface area (Å²) >= 11 is 0. The van der Waals surface area contributed by atoms with Gasteiger partial charge >= 0.3 is 0 Å². The van der Waals surface area contributed by atoms with Crippen LogP contribution in [0, 0.1) is 0 Å². The van der Waals surface area contributed by atoms with Crippen LogP contribution in [-0.2, 0) is 6.42 Å². The van der Waals surface area contributed by atoms with Gasteiger partial charge in [-0.15, -0.1) is 0 Å². The van der Waals surface area contributed by atoms with Crippen molar-refractivity contribution in [2.45, 2.75) is 26.4 Å². The molecular formula is C10H15NO2. The minimum atomic E-state index is 0.118. The number of aliphatic hydroxyl groups excluding tert-OH is 1. The van der Waals surface area contributed by atoms with Crippen molar-refractivity contribution < 1.29 is 9.84 Å². The summed E-state index contributed by atoms with van der Waals surface area (Å²) in [4.78, 5) is 4.10. The first-order valence-electron chi connectivity index (χ1n) is 4.45. The lowest BCUT2D eigenvalue weighted by molar-refractivity contribution is 0.227. The number of hydrogen-bond donors (Lipinski definition) is 1. The van der Waals surface area contributed by atoms with Crippen molar-refractivity contribution in [2.75, 3.05) is 6.61 Å². The number of pyridine rings is 1. The molecule has 1 N–H and O–H groups in total. The minimum Gasteiger partial charge on any atom is -0.475 e. The summed E-state index contributed by atoms with van der Waals surface area (Å²) in [6, 6.07) is 3.76. The fourth-order valence-electron chi connectivity index (χ4n) is 1.06. The molecule has 3 heteroatoms. The van der Waals surface area contributed by atoms with Crippen molar-refractivity contribution >= 4 is 0 Å². The van der Waals surface area contributed by atoms with Crippen LogP contribution in [0.15, 0.2) is 18.3 Å². The lowest BCUT2D eigenvalue weighted by Crippen LogP contribution is -2.09. The predicted molar refractivity (Wildman–Crippen MR) is 50.8 cm³/mol. The molecule has 1 heterocycles. The highest BCUT2D eigenvalue weighted by Crippen LogP contribution is 2.15.